The fraction of sp³-hybridized carbons (Fsp3) is 0.941. The van der Waals surface area contributed by atoms with Gasteiger partial charge in [-0.1, -0.05) is 26.7 Å². The van der Waals surface area contributed by atoms with Crippen molar-refractivity contribution in [3.8, 4) is 0 Å². The van der Waals surface area contributed by atoms with Crippen LogP contribution >= 0.6 is 0 Å². The highest BCUT2D eigenvalue weighted by Gasteiger charge is 2.33. The molecule has 0 saturated heterocycles. The van der Waals surface area contributed by atoms with Gasteiger partial charge in [0.1, 0.15) is 5.54 Å². The molecule has 0 amide bonds. The number of hydrogen-bond donors (Lipinski definition) is 1. The third kappa shape index (κ3) is 6.35. The quantitative estimate of drug-likeness (QED) is 0.524. The van der Waals surface area contributed by atoms with Crippen molar-refractivity contribution in [2.45, 2.75) is 77.9 Å². The highest BCUT2D eigenvalue weighted by molar-refractivity contribution is 5.80. The Balaban J connectivity index is 2.31. The molecule has 0 aromatic heterocycles. The van der Waals surface area contributed by atoms with Gasteiger partial charge in [-0.15, -0.1) is 0 Å². The van der Waals surface area contributed by atoms with E-state index in [9.17, 15) is 4.79 Å². The van der Waals surface area contributed by atoms with Crippen molar-refractivity contribution in [3.63, 3.8) is 0 Å². The van der Waals surface area contributed by atoms with Crippen LogP contribution < -0.4 is 5.32 Å². The topological polar surface area (TPSA) is 47.6 Å². The van der Waals surface area contributed by atoms with E-state index in [-0.39, 0.29) is 5.97 Å². The molecular weight excluding hydrogens is 266 g/mol. The van der Waals surface area contributed by atoms with E-state index >= 15 is 0 Å². The number of esters is 1. The maximum Gasteiger partial charge on any atom is 0.326 e. The molecule has 0 aromatic carbocycles. The minimum atomic E-state index is -0.589. The summed E-state index contributed by atoms with van der Waals surface area (Å²) in [6, 6.07) is 0. The van der Waals surface area contributed by atoms with Gasteiger partial charge in [0.2, 0.25) is 0 Å². The number of nitrogens with one attached hydrogen (secondary N) is 1. The molecule has 0 aliphatic heterocycles. The zero-order chi connectivity index (χ0) is 15.7. The Kier molecular flexibility index (Phi) is 8.27. The summed E-state index contributed by atoms with van der Waals surface area (Å²) in [5.41, 5.74) is -0.589. The van der Waals surface area contributed by atoms with E-state index in [4.69, 9.17) is 9.47 Å². The van der Waals surface area contributed by atoms with Crippen molar-refractivity contribution in [2.75, 3.05) is 19.8 Å². The van der Waals surface area contributed by atoms with E-state index in [0.29, 0.717) is 12.7 Å². The first-order chi connectivity index (χ1) is 10.0. The summed E-state index contributed by atoms with van der Waals surface area (Å²) < 4.78 is 11.2. The van der Waals surface area contributed by atoms with Crippen LogP contribution in [0.5, 0.6) is 0 Å². The second-order valence-electron chi connectivity index (χ2n) is 6.45. The van der Waals surface area contributed by atoms with Gasteiger partial charge in [-0.2, -0.15) is 0 Å². The number of carbonyl (C=O) groups excluding carboxylic acids is 1. The Labute approximate surface area is 130 Å². The first kappa shape index (κ1) is 18.4. The van der Waals surface area contributed by atoms with Crippen molar-refractivity contribution in [1.82, 2.24) is 5.32 Å². The van der Waals surface area contributed by atoms with Gasteiger partial charge >= 0.3 is 5.97 Å². The normalized spacial score (nSPS) is 25.3. The highest BCUT2D eigenvalue weighted by atomic mass is 16.5. The van der Waals surface area contributed by atoms with Crippen molar-refractivity contribution >= 4 is 5.97 Å². The van der Waals surface area contributed by atoms with Crippen molar-refractivity contribution < 1.29 is 14.3 Å². The largest absolute Gasteiger partial charge is 0.465 e. The maximum absolute atomic E-state index is 12.1. The molecule has 124 valence electrons. The average Bonchev–Trinajstić information content (AvgIpc) is 2.44. The number of likely N-dealkylation sites (N-methyl/N-ethyl adjacent to an activating group) is 1. The minimum absolute atomic E-state index is 0.155. The van der Waals surface area contributed by atoms with Gasteiger partial charge in [0.05, 0.1) is 12.7 Å². The lowest BCUT2D eigenvalue weighted by atomic mass is 9.88. The third-order valence-corrected chi connectivity index (χ3v) is 4.36. The lowest BCUT2D eigenvalue weighted by molar-refractivity contribution is -0.151. The van der Waals surface area contributed by atoms with Gasteiger partial charge in [-0.05, 0) is 52.0 Å². The molecule has 1 fully saturated rings. The molecule has 1 saturated carbocycles. The summed E-state index contributed by atoms with van der Waals surface area (Å²) >= 11 is 0. The Morgan fingerprint density at radius 2 is 2.10 bits per heavy atom. The van der Waals surface area contributed by atoms with Gasteiger partial charge in [-0.25, -0.2) is 0 Å². The highest BCUT2D eigenvalue weighted by Crippen LogP contribution is 2.26. The van der Waals surface area contributed by atoms with Gasteiger partial charge in [-0.3, -0.25) is 4.79 Å². The lowest BCUT2D eigenvalue weighted by Gasteiger charge is -2.29. The van der Waals surface area contributed by atoms with Crippen LogP contribution in [0, 0.1) is 5.92 Å². The molecule has 0 heterocycles. The van der Waals surface area contributed by atoms with Crippen molar-refractivity contribution in [3.05, 3.63) is 0 Å². The Morgan fingerprint density at radius 3 is 2.71 bits per heavy atom. The molecule has 1 aliphatic rings. The summed E-state index contributed by atoms with van der Waals surface area (Å²) in [6.07, 6.45) is 7.04. The van der Waals surface area contributed by atoms with Crippen LogP contribution in [0.2, 0.25) is 0 Å². The van der Waals surface area contributed by atoms with E-state index in [1.54, 1.807) is 0 Å². The molecule has 4 heteroatoms. The van der Waals surface area contributed by atoms with Crippen LogP contribution in [-0.4, -0.2) is 37.4 Å². The lowest BCUT2D eigenvalue weighted by Crippen LogP contribution is -2.50. The van der Waals surface area contributed by atoms with Gasteiger partial charge < -0.3 is 14.8 Å². The summed E-state index contributed by atoms with van der Waals surface area (Å²) in [5.74, 6) is 0.633. The molecule has 1 rings (SSSR count). The summed E-state index contributed by atoms with van der Waals surface area (Å²) in [4.78, 5) is 12.1. The molecule has 4 nitrogen and oxygen atoms in total. The fourth-order valence-corrected chi connectivity index (χ4v) is 3.15. The predicted octanol–water partition coefficient (Wildman–Crippen LogP) is 3.29. The summed E-state index contributed by atoms with van der Waals surface area (Å²) in [7, 11) is 0. The molecule has 21 heavy (non-hydrogen) atoms. The third-order valence-electron chi connectivity index (χ3n) is 4.36. The molecule has 0 bridgehead atoms. The second-order valence-corrected chi connectivity index (χ2v) is 6.45. The average molecular weight is 299 g/mol. The van der Waals surface area contributed by atoms with E-state index < -0.39 is 5.54 Å². The van der Waals surface area contributed by atoms with Crippen LogP contribution in [0.3, 0.4) is 0 Å². The SMILES string of the molecule is CCNC(C)(CCCOC1CCCC(C)C1)C(=O)OCC. The number of ether oxygens (including phenoxy) is 2. The van der Waals surface area contributed by atoms with Crippen LogP contribution in [0.25, 0.3) is 0 Å². The van der Waals surface area contributed by atoms with E-state index in [1.807, 2.05) is 20.8 Å². The van der Waals surface area contributed by atoms with Crippen LogP contribution in [0.15, 0.2) is 0 Å². The molecule has 3 unspecified atom stereocenters. The molecule has 1 aliphatic carbocycles. The molecule has 3 atom stereocenters. The van der Waals surface area contributed by atoms with Gasteiger partial charge in [0.15, 0.2) is 0 Å². The van der Waals surface area contributed by atoms with E-state index in [2.05, 4.69) is 12.2 Å². The Bertz CT molecular complexity index is 308. The number of carbonyl (C=O) groups is 1. The van der Waals surface area contributed by atoms with Crippen LogP contribution in [-0.2, 0) is 14.3 Å². The van der Waals surface area contributed by atoms with Crippen molar-refractivity contribution in [2.24, 2.45) is 5.92 Å². The first-order valence-electron chi connectivity index (χ1n) is 8.55. The Morgan fingerprint density at radius 1 is 1.33 bits per heavy atom. The standard InChI is InChI=1S/C17H33NO3/c1-5-18-17(4,16(19)20-6-2)11-8-12-21-15-10-7-9-14(3)13-15/h14-15,18H,5-13H2,1-4H3. The first-order valence-corrected chi connectivity index (χ1v) is 8.55. The monoisotopic (exact) mass is 299 g/mol. The predicted molar refractivity (Wildman–Crippen MR) is 85.3 cm³/mol. The maximum atomic E-state index is 12.1. The second kappa shape index (κ2) is 9.42. The molecule has 1 N–H and O–H groups in total. The molecule has 0 aromatic rings. The van der Waals surface area contributed by atoms with Gasteiger partial charge in [0.25, 0.3) is 0 Å². The van der Waals surface area contributed by atoms with Gasteiger partial charge in [0, 0.05) is 6.61 Å². The van der Waals surface area contributed by atoms with E-state index in [0.717, 1.165) is 31.9 Å². The zero-order valence-electron chi connectivity index (χ0n) is 14.2. The Hall–Kier alpha value is -0.610. The molecular formula is C17H33NO3. The molecule has 0 spiro atoms. The van der Waals surface area contributed by atoms with Crippen LogP contribution in [0.1, 0.15) is 66.2 Å². The minimum Gasteiger partial charge on any atom is -0.465 e. The smallest absolute Gasteiger partial charge is 0.326 e. The van der Waals surface area contributed by atoms with E-state index in [1.165, 1.54) is 25.7 Å². The molecule has 0 radical (unpaired) electrons. The van der Waals surface area contributed by atoms with Crippen molar-refractivity contribution in [1.29, 1.82) is 0 Å². The zero-order valence-corrected chi connectivity index (χ0v) is 14.2. The number of rotatable bonds is 9. The fourth-order valence-electron chi connectivity index (χ4n) is 3.15. The summed E-state index contributed by atoms with van der Waals surface area (Å²) in [6.45, 7) is 10.0. The summed E-state index contributed by atoms with van der Waals surface area (Å²) in [5, 5.41) is 3.26. The van der Waals surface area contributed by atoms with Crippen LogP contribution in [0.4, 0.5) is 0 Å². The number of hydrogen-bond acceptors (Lipinski definition) is 4.